The highest BCUT2D eigenvalue weighted by atomic mass is 16.5. The van der Waals surface area contributed by atoms with Crippen LogP contribution in [0, 0.1) is 5.92 Å². The largest absolute Gasteiger partial charge is 0.423 e. The van der Waals surface area contributed by atoms with Crippen molar-refractivity contribution in [2.24, 2.45) is 5.92 Å². The third kappa shape index (κ3) is 6.35. The molecule has 3 nitrogen and oxygen atoms in total. The Morgan fingerprint density at radius 2 is 1.53 bits per heavy atom. The van der Waals surface area contributed by atoms with E-state index in [1.54, 1.807) is 12.1 Å². The molecule has 0 saturated carbocycles. The third-order valence-electron chi connectivity index (χ3n) is 5.56. The highest BCUT2D eigenvalue weighted by Crippen LogP contribution is 2.23. The van der Waals surface area contributed by atoms with Crippen molar-refractivity contribution >= 4 is 22.4 Å². The molecule has 0 unspecified atom stereocenters. The molecular weight excluding hydrogens is 370 g/mol. The van der Waals surface area contributed by atoms with Gasteiger partial charge in [-0.15, -0.1) is 0 Å². The summed E-state index contributed by atoms with van der Waals surface area (Å²) in [6, 6.07) is 21.2. The summed E-state index contributed by atoms with van der Waals surface area (Å²) in [5.74, 6) is 0.957. The lowest BCUT2D eigenvalue weighted by Crippen LogP contribution is -2.14. The fraction of sp³-hybridized carbons (Fsp3) is 0.370. The van der Waals surface area contributed by atoms with E-state index in [0.717, 1.165) is 28.9 Å². The fourth-order valence-corrected chi connectivity index (χ4v) is 3.73. The molecule has 0 fully saturated rings. The Hall–Kier alpha value is -2.81. The fourth-order valence-electron chi connectivity index (χ4n) is 3.73. The quantitative estimate of drug-likeness (QED) is 0.266. The van der Waals surface area contributed by atoms with Crippen LogP contribution in [0.5, 0.6) is 5.75 Å². The second kappa shape index (κ2) is 11.4. The molecule has 3 rings (SSSR count). The van der Waals surface area contributed by atoms with E-state index in [-0.39, 0.29) is 5.97 Å². The number of ether oxygens (including phenoxy) is 1. The lowest BCUT2D eigenvalue weighted by atomic mass is 9.96. The Balaban J connectivity index is 1.64. The third-order valence-corrected chi connectivity index (χ3v) is 5.56. The molecule has 0 saturated heterocycles. The van der Waals surface area contributed by atoms with Gasteiger partial charge in [-0.25, -0.2) is 4.79 Å². The van der Waals surface area contributed by atoms with Gasteiger partial charge in [0.2, 0.25) is 0 Å². The molecule has 3 heteroatoms. The number of rotatable bonds is 11. The van der Waals surface area contributed by atoms with Gasteiger partial charge in [-0.3, -0.25) is 0 Å². The first kappa shape index (κ1) is 21.9. The Kier molecular flexibility index (Phi) is 8.31. The van der Waals surface area contributed by atoms with Gasteiger partial charge in [0.25, 0.3) is 0 Å². The second-order valence-corrected chi connectivity index (χ2v) is 8.01. The number of hydrogen-bond acceptors (Lipinski definition) is 3. The summed E-state index contributed by atoms with van der Waals surface area (Å²) in [4.78, 5) is 12.4. The highest BCUT2D eigenvalue weighted by molar-refractivity contribution is 5.97. The predicted molar refractivity (Wildman–Crippen MR) is 126 cm³/mol. The number of nitrogens with one attached hydrogen (secondary N) is 1. The standard InChI is InChI=1S/C27H33NO2/c1-3-5-10-21(11-6-4-2)20-28-25-17-16-22-18-24(15-14-23(22)19-25)27(29)30-26-12-8-7-9-13-26/h7-9,12-19,21,28H,3-6,10-11,20H2,1-2H3. The number of fused-ring (bicyclic) bond motifs is 1. The minimum Gasteiger partial charge on any atom is -0.423 e. The van der Waals surface area contributed by atoms with E-state index in [0.29, 0.717) is 11.3 Å². The molecule has 0 amide bonds. The molecule has 3 aromatic carbocycles. The van der Waals surface area contributed by atoms with E-state index in [9.17, 15) is 4.79 Å². The molecule has 0 heterocycles. The highest BCUT2D eigenvalue weighted by Gasteiger charge is 2.11. The maximum absolute atomic E-state index is 12.4. The first-order valence-electron chi connectivity index (χ1n) is 11.2. The second-order valence-electron chi connectivity index (χ2n) is 8.01. The Morgan fingerprint density at radius 3 is 2.23 bits per heavy atom. The first-order valence-corrected chi connectivity index (χ1v) is 11.2. The van der Waals surface area contributed by atoms with E-state index in [2.05, 4.69) is 37.4 Å². The van der Waals surface area contributed by atoms with Crippen LogP contribution in [0.2, 0.25) is 0 Å². The summed E-state index contributed by atoms with van der Waals surface area (Å²) in [7, 11) is 0. The summed E-state index contributed by atoms with van der Waals surface area (Å²) < 4.78 is 5.45. The van der Waals surface area contributed by atoms with Gasteiger partial charge in [0.1, 0.15) is 5.75 Å². The van der Waals surface area contributed by atoms with Crippen molar-refractivity contribution in [1.82, 2.24) is 0 Å². The average Bonchev–Trinajstić information content (AvgIpc) is 2.78. The van der Waals surface area contributed by atoms with Crippen molar-refractivity contribution in [3.63, 3.8) is 0 Å². The Morgan fingerprint density at radius 1 is 0.867 bits per heavy atom. The van der Waals surface area contributed by atoms with Crippen LogP contribution < -0.4 is 10.1 Å². The van der Waals surface area contributed by atoms with Crippen LogP contribution in [0.3, 0.4) is 0 Å². The monoisotopic (exact) mass is 403 g/mol. The van der Waals surface area contributed by atoms with Gasteiger partial charge < -0.3 is 10.1 Å². The SMILES string of the molecule is CCCCC(CCCC)CNc1ccc2cc(C(=O)Oc3ccccc3)ccc2c1. The number of unbranched alkanes of at least 4 members (excludes halogenated alkanes) is 2. The lowest BCUT2D eigenvalue weighted by Gasteiger charge is -2.18. The van der Waals surface area contributed by atoms with Crippen molar-refractivity contribution in [2.45, 2.75) is 52.4 Å². The van der Waals surface area contributed by atoms with Gasteiger partial charge >= 0.3 is 5.97 Å². The van der Waals surface area contributed by atoms with E-state index in [1.165, 1.54) is 38.5 Å². The number of esters is 1. The number of hydrogen-bond donors (Lipinski definition) is 1. The van der Waals surface area contributed by atoms with Gasteiger partial charge in [0.05, 0.1) is 5.56 Å². The Bertz CT molecular complexity index is 928. The molecule has 0 aromatic heterocycles. The molecule has 0 aliphatic carbocycles. The van der Waals surface area contributed by atoms with Crippen molar-refractivity contribution < 1.29 is 9.53 Å². The molecule has 0 radical (unpaired) electrons. The normalized spacial score (nSPS) is 11.0. The van der Waals surface area contributed by atoms with E-state index in [1.807, 2.05) is 36.4 Å². The first-order chi connectivity index (χ1) is 14.7. The summed E-state index contributed by atoms with van der Waals surface area (Å²) in [6.07, 6.45) is 7.71. The predicted octanol–water partition coefficient (Wildman–Crippen LogP) is 7.47. The molecule has 3 aromatic rings. The number of para-hydroxylation sites is 1. The minimum absolute atomic E-state index is 0.333. The van der Waals surface area contributed by atoms with Gasteiger partial charge in [-0.1, -0.05) is 69.9 Å². The Labute approximate surface area is 180 Å². The van der Waals surface area contributed by atoms with Crippen LogP contribution in [0.15, 0.2) is 66.7 Å². The van der Waals surface area contributed by atoms with Crippen molar-refractivity contribution in [3.05, 3.63) is 72.3 Å². The average molecular weight is 404 g/mol. The van der Waals surface area contributed by atoms with Gasteiger partial charge in [-0.2, -0.15) is 0 Å². The van der Waals surface area contributed by atoms with Crippen LogP contribution in [-0.2, 0) is 0 Å². The number of carbonyl (C=O) groups excluding carboxylic acids is 1. The molecule has 0 atom stereocenters. The number of benzene rings is 3. The summed E-state index contributed by atoms with van der Waals surface area (Å²) in [5.41, 5.74) is 1.70. The molecule has 0 aliphatic heterocycles. The van der Waals surface area contributed by atoms with Crippen LogP contribution in [0.1, 0.15) is 62.7 Å². The van der Waals surface area contributed by atoms with Crippen LogP contribution in [0.25, 0.3) is 10.8 Å². The smallest absolute Gasteiger partial charge is 0.343 e. The molecule has 1 N–H and O–H groups in total. The van der Waals surface area contributed by atoms with Crippen molar-refractivity contribution in [3.8, 4) is 5.75 Å². The number of anilines is 1. The topological polar surface area (TPSA) is 38.3 Å². The summed E-state index contributed by atoms with van der Waals surface area (Å²) in [6.45, 7) is 5.54. The van der Waals surface area contributed by atoms with Crippen molar-refractivity contribution in [1.29, 1.82) is 0 Å². The van der Waals surface area contributed by atoms with Crippen LogP contribution in [0.4, 0.5) is 5.69 Å². The molecule has 0 bridgehead atoms. The molecule has 0 spiro atoms. The maximum atomic E-state index is 12.4. The molecule has 158 valence electrons. The maximum Gasteiger partial charge on any atom is 0.343 e. The summed E-state index contributed by atoms with van der Waals surface area (Å²) >= 11 is 0. The molecule has 0 aliphatic rings. The summed E-state index contributed by atoms with van der Waals surface area (Å²) in [5, 5.41) is 5.79. The van der Waals surface area contributed by atoms with Gasteiger partial charge in [0, 0.05) is 12.2 Å². The van der Waals surface area contributed by atoms with E-state index in [4.69, 9.17) is 4.74 Å². The van der Waals surface area contributed by atoms with Gasteiger partial charge in [0.15, 0.2) is 0 Å². The van der Waals surface area contributed by atoms with Crippen LogP contribution in [-0.4, -0.2) is 12.5 Å². The zero-order valence-electron chi connectivity index (χ0n) is 18.2. The zero-order chi connectivity index (χ0) is 21.2. The zero-order valence-corrected chi connectivity index (χ0v) is 18.2. The molecule has 30 heavy (non-hydrogen) atoms. The molecular formula is C27H33NO2. The minimum atomic E-state index is -0.333. The van der Waals surface area contributed by atoms with E-state index < -0.39 is 0 Å². The van der Waals surface area contributed by atoms with Gasteiger partial charge in [-0.05, 0) is 65.9 Å². The van der Waals surface area contributed by atoms with Crippen LogP contribution >= 0.6 is 0 Å². The number of carbonyl (C=O) groups is 1. The lowest BCUT2D eigenvalue weighted by molar-refractivity contribution is 0.0735. The van der Waals surface area contributed by atoms with Crippen molar-refractivity contribution in [2.75, 3.05) is 11.9 Å². The van der Waals surface area contributed by atoms with E-state index >= 15 is 0 Å².